The van der Waals surface area contributed by atoms with Crippen LogP contribution in [-0.2, 0) is 4.79 Å². The predicted octanol–water partition coefficient (Wildman–Crippen LogP) is 4.04. The van der Waals surface area contributed by atoms with Gasteiger partial charge in [-0.2, -0.15) is 0 Å². The monoisotopic (exact) mass is 373 g/mol. The smallest absolute Gasteiger partial charge is 0.265 e. The lowest BCUT2D eigenvalue weighted by atomic mass is 10.0. The molecule has 1 aliphatic rings. The maximum Gasteiger partial charge on any atom is 0.265 e. The van der Waals surface area contributed by atoms with E-state index in [9.17, 15) is 9.59 Å². The molecule has 1 atom stereocenters. The number of rotatable bonds is 5. The van der Waals surface area contributed by atoms with Crippen LogP contribution in [0.2, 0.25) is 0 Å². The lowest BCUT2D eigenvalue weighted by molar-refractivity contribution is -0.121. The maximum absolute atomic E-state index is 13.2. The van der Waals surface area contributed by atoms with Crippen LogP contribution >= 0.6 is 0 Å². The lowest BCUT2D eigenvalue weighted by Crippen LogP contribution is -2.43. The van der Waals surface area contributed by atoms with Crippen molar-refractivity contribution in [3.05, 3.63) is 90.0 Å². The molecule has 140 valence electrons. The molecule has 0 aromatic heterocycles. The average Bonchev–Trinajstić information content (AvgIpc) is 2.77. The van der Waals surface area contributed by atoms with Crippen molar-refractivity contribution in [1.82, 2.24) is 0 Å². The number of para-hydroxylation sites is 3. The number of ether oxygens (including phenoxy) is 2. The Bertz CT molecular complexity index is 987. The summed E-state index contributed by atoms with van der Waals surface area (Å²) in [4.78, 5) is 26.1. The Balaban J connectivity index is 1.63. The van der Waals surface area contributed by atoms with Crippen molar-refractivity contribution in [2.24, 2.45) is 0 Å². The van der Waals surface area contributed by atoms with Crippen LogP contribution in [0, 0.1) is 0 Å². The van der Waals surface area contributed by atoms with Gasteiger partial charge in [0, 0.05) is 0 Å². The molecule has 5 heteroatoms. The van der Waals surface area contributed by atoms with E-state index >= 15 is 0 Å². The molecule has 3 aromatic rings. The topological polar surface area (TPSA) is 55.8 Å². The highest BCUT2D eigenvalue weighted by atomic mass is 16.5. The minimum Gasteiger partial charge on any atom is -0.489 e. The van der Waals surface area contributed by atoms with E-state index in [1.54, 1.807) is 29.2 Å². The Hall–Kier alpha value is -3.60. The number of hydrogen-bond donors (Lipinski definition) is 0. The van der Waals surface area contributed by atoms with Crippen LogP contribution in [0.4, 0.5) is 5.69 Å². The van der Waals surface area contributed by atoms with Gasteiger partial charge in [-0.15, -0.1) is 0 Å². The van der Waals surface area contributed by atoms with Crippen LogP contribution in [0.5, 0.6) is 11.5 Å². The first-order valence-electron chi connectivity index (χ1n) is 9.04. The second-order valence-corrected chi connectivity index (χ2v) is 6.41. The summed E-state index contributed by atoms with van der Waals surface area (Å²) in [6.45, 7) is 0.181. The Morgan fingerprint density at radius 1 is 1.00 bits per heavy atom. The average molecular weight is 373 g/mol. The van der Waals surface area contributed by atoms with Crippen LogP contribution in [0.3, 0.4) is 0 Å². The SMILES string of the molecule is O=Cc1ccccc1OCC(=O)N1c2ccccc2OCC1c1ccccc1. The number of aldehydes is 1. The number of amides is 1. The third kappa shape index (κ3) is 3.47. The quantitative estimate of drug-likeness (QED) is 0.633. The molecule has 0 fully saturated rings. The largest absolute Gasteiger partial charge is 0.489 e. The van der Waals surface area contributed by atoms with Gasteiger partial charge < -0.3 is 9.47 Å². The first-order valence-corrected chi connectivity index (χ1v) is 9.04. The first kappa shape index (κ1) is 17.8. The third-order valence-corrected chi connectivity index (χ3v) is 4.68. The molecular formula is C23H19NO4. The summed E-state index contributed by atoms with van der Waals surface area (Å²) in [5.74, 6) is 0.852. The van der Waals surface area contributed by atoms with Gasteiger partial charge in [0.25, 0.3) is 5.91 Å². The molecule has 1 aliphatic heterocycles. The summed E-state index contributed by atoms with van der Waals surface area (Å²) in [7, 11) is 0. The van der Waals surface area contributed by atoms with Gasteiger partial charge >= 0.3 is 0 Å². The Kier molecular flexibility index (Phi) is 5.06. The molecule has 4 rings (SSSR count). The van der Waals surface area contributed by atoms with Gasteiger partial charge in [-0.25, -0.2) is 0 Å². The highest BCUT2D eigenvalue weighted by Crippen LogP contribution is 2.39. The molecule has 0 N–H and O–H groups in total. The molecule has 0 saturated heterocycles. The summed E-state index contributed by atoms with van der Waals surface area (Å²) < 4.78 is 11.6. The van der Waals surface area contributed by atoms with Crippen molar-refractivity contribution >= 4 is 17.9 Å². The third-order valence-electron chi connectivity index (χ3n) is 4.68. The van der Waals surface area contributed by atoms with Gasteiger partial charge in [-0.3, -0.25) is 14.5 Å². The second-order valence-electron chi connectivity index (χ2n) is 6.41. The van der Waals surface area contributed by atoms with Gasteiger partial charge in [-0.05, 0) is 29.8 Å². The van der Waals surface area contributed by atoms with Crippen molar-refractivity contribution < 1.29 is 19.1 Å². The van der Waals surface area contributed by atoms with Crippen LogP contribution in [-0.4, -0.2) is 25.4 Å². The maximum atomic E-state index is 13.2. The molecule has 1 heterocycles. The number of benzene rings is 3. The van der Waals surface area contributed by atoms with Crippen molar-refractivity contribution in [1.29, 1.82) is 0 Å². The van der Waals surface area contributed by atoms with Gasteiger partial charge in [0.2, 0.25) is 0 Å². The summed E-state index contributed by atoms with van der Waals surface area (Å²) >= 11 is 0. The highest BCUT2D eigenvalue weighted by molar-refractivity contribution is 5.97. The molecule has 28 heavy (non-hydrogen) atoms. The standard InChI is InChI=1S/C23H19NO4/c25-14-18-10-4-6-12-21(18)28-16-23(26)24-19-11-5-7-13-22(19)27-15-20(24)17-8-2-1-3-9-17/h1-14,20H,15-16H2. The van der Waals surface area contributed by atoms with Gasteiger partial charge in [0.1, 0.15) is 18.1 Å². The van der Waals surface area contributed by atoms with Crippen molar-refractivity contribution in [2.75, 3.05) is 18.1 Å². The first-order chi connectivity index (χ1) is 13.8. The summed E-state index contributed by atoms with van der Waals surface area (Å²) in [5, 5.41) is 0. The van der Waals surface area contributed by atoms with Crippen molar-refractivity contribution in [2.45, 2.75) is 6.04 Å². The van der Waals surface area contributed by atoms with E-state index in [0.717, 1.165) is 11.8 Å². The van der Waals surface area contributed by atoms with Crippen LogP contribution in [0.25, 0.3) is 0 Å². The normalized spacial score (nSPS) is 15.3. The summed E-state index contributed by atoms with van der Waals surface area (Å²) in [5.41, 5.74) is 2.11. The van der Waals surface area contributed by atoms with E-state index in [2.05, 4.69) is 0 Å². The molecule has 5 nitrogen and oxygen atoms in total. The van der Waals surface area contributed by atoms with Gasteiger partial charge in [0.15, 0.2) is 12.9 Å². The molecule has 0 radical (unpaired) electrons. The molecule has 0 saturated carbocycles. The molecule has 0 aliphatic carbocycles. The Morgan fingerprint density at radius 2 is 1.71 bits per heavy atom. The van der Waals surface area contributed by atoms with E-state index < -0.39 is 0 Å². The Labute approximate surface area is 163 Å². The van der Waals surface area contributed by atoms with Crippen molar-refractivity contribution in [3.8, 4) is 11.5 Å². The number of hydrogen-bond acceptors (Lipinski definition) is 4. The zero-order valence-electron chi connectivity index (χ0n) is 15.2. The molecule has 0 spiro atoms. The van der Waals surface area contributed by atoms with Gasteiger partial charge in [0.05, 0.1) is 17.3 Å². The zero-order chi connectivity index (χ0) is 19.3. The minimum absolute atomic E-state index is 0.178. The minimum atomic E-state index is -0.256. The molecule has 3 aromatic carbocycles. The van der Waals surface area contributed by atoms with Crippen LogP contribution in [0.15, 0.2) is 78.9 Å². The fraction of sp³-hybridized carbons (Fsp3) is 0.130. The van der Waals surface area contributed by atoms with Gasteiger partial charge in [-0.1, -0.05) is 54.6 Å². The second kappa shape index (κ2) is 7.96. The fourth-order valence-corrected chi connectivity index (χ4v) is 3.34. The van der Waals surface area contributed by atoms with E-state index in [-0.39, 0.29) is 18.6 Å². The summed E-state index contributed by atoms with van der Waals surface area (Å²) in [6, 6.07) is 23.8. The molecule has 1 amide bonds. The Morgan fingerprint density at radius 3 is 2.54 bits per heavy atom. The summed E-state index contributed by atoms with van der Waals surface area (Å²) in [6.07, 6.45) is 0.719. The number of carbonyl (C=O) groups excluding carboxylic acids is 2. The van der Waals surface area contributed by atoms with Crippen LogP contribution < -0.4 is 14.4 Å². The van der Waals surface area contributed by atoms with Crippen molar-refractivity contribution in [3.63, 3.8) is 0 Å². The molecule has 1 unspecified atom stereocenters. The molecule has 0 bridgehead atoms. The van der Waals surface area contributed by atoms with E-state index in [1.807, 2.05) is 54.6 Å². The van der Waals surface area contributed by atoms with E-state index in [0.29, 0.717) is 29.4 Å². The zero-order valence-corrected chi connectivity index (χ0v) is 15.2. The predicted molar refractivity (Wildman–Crippen MR) is 106 cm³/mol. The number of fused-ring (bicyclic) bond motifs is 1. The van der Waals surface area contributed by atoms with E-state index in [1.165, 1.54) is 0 Å². The number of nitrogens with zero attached hydrogens (tertiary/aromatic N) is 1. The lowest BCUT2D eigenvalue weighted by Gasteiger charge is -2.37. The van der Waals surface area contributed by atoms with Crippen LogP contribution in [0.1, 0.15) is 22.0 Å². The number of carbonyl (C=O) groups is 2. The van der Waals surface area contributed by atoms with E-state index in [4.69, 9.17) is 9.47 Å². The number of anilines is 1. The fourth-order valence-electron chi connectivity index (χ4n) is 3.34. The molecular weight excluding hydrogens is 354 g/mol. The highest BCUT2D eigenvalue weighted by Gasteiger charge is 2.33.